The van der Waals surface area contributed by atoms with Gasteiger partial charge < -0.3 is 14.0 Å². The number of aromatic amines is 1. The Labute approximate surface area is 158 Å². The van der Waals surface area contributed by atoms with Crippen molar-refractivity contribution in [2.24, 2.45) is 0 Å². The molecule has 1 aromatic carbocycles. The summed E-state index contributed by atoms with van der Waals surface area (Å²) in [6.07, 6.45) is 0. The molecule has 0 fully saturated rings. The third-order valence-corrected chi connectivity index (χ3v) is 3.64. The van der Waals surface area contributed by atoms with Crippen LogP contribution in [0.25, 0.3) is 22.6 Å². The van der Waals surface area contributed by atoms with Gasteiger partial charge in [0.2, 0.25) is 10.4 Å². The van der Waals surface area contributed by atoms with Crippen LogP contribution < -0.4 is 16.1 Å². The van der Waals surface area contributed by atoms with Gasteiger partial charge in [-0.3, -0.25) is 14.3 Å². The average molecular weight is 418 g/mol. The third-order valence-electron chi connectivity index (χ3n) is 3.41. The zero-order valence-corrected chi connectivity index (χ0v) is 15.8. The molecule has 0 aliphatic carbocycles. The molecule has 2 aliphatic rings. The highest BCUT2D eigenvalue weighted by molar-refractivity contribution is 7.79. The van der Waals surface area contributed by atoms with E-state index in [0.717, 1.165) is 12.1 Å². The standard InChI is InChI=1S/C14H14ClN5O2.H2O4S/c1-19(2)5-6-20-10-4-3-8(15)7-9(10)16-11-12(20)17-14(22)18-13(11)21;1-5(2,3)4/h3-4,7H,5-6H2,1-2H3,(H,18,21,22);(H2,1,2,3,4). The highest BCUT2D eigenvalue weighted by atomic mass is 35.5. The summed E-state index contributed by atoms with van der Waals surface area (Å²) in [6.45, 7) is 1.42. The molecule has 3 N–H and O–H groups in total. The molecule has 1 aromatic rings. The predicted molar refractivity (Wildman–Crippen MR) is 96.1 cm³/mol. The molecule has 3 rings (SSSR count). The fourth-order valence-electron chi connectivity index (χ4n) is 2.33. The molecule has 0 spiro atoms. The number of nitrogens with one attached hydrogen (secondary N) is 2. The number of aromatic nitrogens is 4. The van der Waals surface area contributed by atoms with Crippen LogP contribution in [0, 0.1) is 0 Å². The minimum absolute atomic E-state index is 0.142. The summed E-state index contributed by atoms with van der Waals surface area (Å²) in [5.74, 6) is 0.296. The first kappa shape index (κ1) is 20.9. The van der Waals surface area contributed by atoms with Gasteiger partial charge in [0.1, 0.15) is 0 Å². The van der Waals surface area contributed by atoms with Crippen molar-refractivity contribution in [1.29, 1.82) is 0 Å². The predicted octanol–water partition coefficient (Wildman–Crippen LogP) is -1.61. The van der Waals surface area contributed by atoms with E-state index in [1.54, 1.807) is 12.1 Å². The number of nitrogens with zero attached hydrogens (tertiary/aromatic N) is 3. The van der Waals surface area contributed by atoms with E-state index in [9.17, 15) is 9.59 Å². The number of benzene rings is 1. The number of H-pyrrole nitrogens is 1. The van der Waals surface area contributed by atoms with Crippen molar-refractivity contribution in [3.05, 3.63) is 44.1 Å². The maximum atomic E-state index is 12.0. The number of fused-ring (bicyclic) bond motifs is 2. The molecule has 2 heterocycles. The van der Waals surface area contributed by atoms with Crippen LogP contribution in [0.4, 0.5) is 0 Å². The SMILES string of the molecule is C[NH+](C)CCn1c2nc(=O)[nH]c(=O)c-2nc2cc(Cl)ccc21.O=S(=O)([O-])O. The van der Waals surface area contributed by atoms with Crippen molar-refractivity contribution in [2.75, 3.05) is 20.6 Å². The number of hydrogen-bond acceptors (Lipinski definition) is 7. The van der Waals surface area contributed by atoms with Gasteiger partial charge in [0.25, 0.3) is 5.56 Å². The summed E-state index contributed by atoms with van der Waals surface area (Å²) in [4.78, 5) is 35.2. The molecule has 0 amide bonds. The van der Waals surface area contributed by atoms with Gasteiger partial charge in [-0.05, 0) is 18.2 Å². The molecule has 2 aliphatic heterocycles. The second-order valence-electron chi connectivity index (χ2n) is 5.82. The number of hydrogen-bond donors (Lipinski definition) is 3. The summed E-state index contributed by atoms with van der Waals surface area (Å²) in [5, 5.41) is 0.536. The Morgan fingerprint density at radius 3 is 2.52 bits per heavy atom. The Balaban J connectivity index is 0.000000465. The van der Waals surface area contributed by atoms with Gasteiger partial charge in [-0.1, -0.05) is 11.6 Å². The molecule has 146 valence electrons. The Morgan fingerprint density at radius 1 is 1.30 bits per heavy atom. The monoisotopic (exact) mass is 417 g/mol. The van der Waals surface area contributed by atoms with E-state index in [2.05, 4.69) is 15.0 Å². The zero-order chi connectivity index (χ0) is 20.4. The normalized spacial score (nSPS) is 11.6. The zero-order valence-electron chi connectivity index (χ0n) is 14.3. The lowest BCUT2D eigenvalue weighted by Gasteiger charge is -2.17. The number of likely N-dealkylation sites (N-methyl/N-ethyl adjacent to an activating group) is 1. The first-order valence-corrected chi connectivity index (χ1v) is 9.27. The molecule has 0 saturated carbocycles. The summed E-state index contributed by atoms with van der Waals surface area (Å²) in [5.41, 5.74) is 0.319. The molecule has 27 heavy (non-hydrogen) atoms. The highest BCUT2D eigenvalue weighted by Gasteiger charge is 2.19. The Hall–Kier alpha value is -2.38. The second kappa shape index (κ2) is 8.10. The van der Waals surface area contributed by atoms with Gasteiger partial charge >= 0.3 is 5.69 Å². The van der Waals surface area contributed by atoms with E-state index in [0.29, 0.717) is 22.9 Å². The Morgan fingerprint density at radius 2 is 1.93 bits per heavy atom. The van der Waals surface area contributed by atoms with Crippen LogP contribution in [-0.2, 0) is 16.9 Å². The highest BCUT2D eigenvalue weighted by Crippen LogP contribution is 2.22. The van der Waals surface area contributed by atoms with Crippen molar-refractivity contribution in [3.8, 4) is 11.5 Å². The quantitative estimate of drug-likeness (QED) is 0.260. The lowest BCUT2D eigenvalue weighted by molar-refractivity contribution is -0.858. The fraction of sp³-hybridized carbons (Fsp3) is 0.286. The summed E-state index contributed by atoms with van der Waals surface area (Å²) in [7, 11) is -0.857. The molecule has 0 bridgehead atoms. The van der Waals surface area contributed by atoms with E-state index in [1.165, 1.54) is 4.90 Å². The summed E-state index contributed by atoms with van der Waals surface area (Å²) in [6, 6.07) is 5.27. The van der Waals surface area contributed by atoms with Crippen LogP contribution in [0.5, 0.6) is 0 Å². The van der Waals surface area contributed by atoms with Crippen molar-refractivity contribution in [2.45, 2.75) is 6.54 Å². The first-order valence-electron chi connectivity index (χ1n) is 7.53. The minimum Gasteiger partial charge on any atom is -0.726 e. The number of rotatable bonds is 3. The summed E-state index contributed by atoms with van der Waals surface area (Å²) >= 11 is 6.01. The second-order valence-corrected chi connectivity index (χ2v) is 7.12. The van der Waals surface area contributed by atoms with Crippen molar-refractivity contribution in [3.63, 3.8) is 0 Å². The molecule has 0 atom stereocenters. The van der Waals surface area contributed by atoms with Crippen LogP contribution in [0.15, 0.2) is 27.8 Å². The van der Waals surface area contributed by atoms with Gasteiger partial charge in [0.05, 0.1) is 38.2 Å². The fourth-order valence-corrected chi connectivity index (χ4v) is 2.50. The van der Waals surface area contributed by atoms with Crippen molar-refractivity contribution >= 4 is 33.0 Å². The maximum Gasteiger partial charge on any atom is 0.349 e. The smallest absolute Gasteiger partial charge is 0.349 e. The van der Waals surface area contributed by atoms with Crippen molar-refractivity contribution in [1.82, 2.24) is 19.5 Å². The van der Waals surface area contributed by atoms with Gasteiger partial charge in [0, 0.05) is 5.02 Å². The van der Waals surface area contributed by atoms with E-state index in [1.807, 2.05) is 24.7 Å². The minimum atomic E-state index is -4.92. The molecule has 0 aromatic heterocycles. The largest absolute Gasteiger partial charge is 0.726 e. The Kier molecular flexibility index (Phi) is 6.28. The summed E-state index contributed by atoms with van der Waals surface area (Å²) < 4.78 is 34.7. The van der Waals surface area contributed by atoms with E-state index < -0.39 is 21.6 Å². The van der Waals surface area contributed by atoms with Gasteiger partial charge in [-0.25, -0.2) is 18.2 Å². The third kappa shape index (κ3) is 5.80. The molecular formula is C14H16ClN5O6S. The van der Waals surface area contributed by atoms with Crippen LogP contribution in [-0.4, -0.2) is 57.7 Å². The van der Waals surface area contributed by atoms with Gasteiger partial charge in [-0.15, -0.1) is 0 Å². The molecule has 0 unspecified atom stereocenters. The van der Waals surface area contributed by atoms with Crippen LogP contribution in [0.2, 0.25) is 5.02 Å². The lowest BCUT2D eigenvalue weighted by atomic mass is 10.2. The Bertz CT molecular complexity index is 1150. The first-order chi connectivity index (χ1) is 12.5. The maximum absolute atomic E-state index is 12.0. The van der Waals surface area contributed by atoms with Crippen LogP contribution in [0.3, 0.4) is 0 Å². The average Bonchev–Trinajstić information content (AvgIpc) is 2.50. The molecule has 0 radical (unpaired) electrons. The van der Waals surface area contributed by atoms with Crippen molar-refractivity contribution < 1.29 is 22.4 Å². The molecule has 0 saturated heterocycles. The lowest BCUT2D eigenvalue weighted by Crippen LogP contribution is -3.06. The molecular weight excluding hydrogens is 402 g/mol. The molecule has 13 heteroatoms. The van der Waals surface area contributed by atoms with Crippen LogP contribution >= 0.6 is 11.6 Å². The van der Waals surface area contributed by atoms with E-state index in [-0.39, 0.29) is 5.69 Å². The van der Waals surface area contributed by atoms with Gasteiger partial charge in [0.15, 0.2) is 11.5 Å². The number of quaternary nitrogens is 1. The molecule has 11 nitrogen and oxygen atoms in total. The topological polar surface area (TPSA) is 163 Å². The van der Waals surface area contributed by atoms with E-state index in [4.69, 9.17) is 29.1 Å². The van der Waals surface area contributed by atoms with E-state index >= 15 is 0 Å². The van der Waals surface area contributed by atoms with Gasteiger partial charge in [-0.2, -0.15) is 4.98 Å². The van der Waals surface area contributed by atoms with Crippen LogP contribution in [0.1, 0.15) is 0 Å². The number of halogens is 1.